The number of nitrogens with one attached hydrogen (secondary N) is 4. The highest BCUT2D eigenvalue weighted by Crippen LogP contribution is 2.16. The van der Waals surface area contributed by atoms with Gasteiger partial charge in [0.15, 0.2) is 5.82 Å². The molecule has 0 fully saturated rings. The largest absolute Gasteiger partial charge is 0.481 e. The predicted octanol–water partition coefficient (Wildman–Crippen LogP) is 4.19. The van der Waals surface area contributed by atoms with Crippen LogP contribution in [0.1, 0.15) is 43.4 Å². The lowest BCUT2D eigenvalue weighted by molar-refractivity contribution is -0.403. The number of aryl methyl sites for hydroxylation is 1. The zero-order valence-corrected chi connectivity index (χ0v) is 26.1. The molecule has 0 radical (unpaired) electrons. The number of benzene rings is 3. The second kappa shape index (κ2) is 17.7. The van der Waals surface area contributed by atoms with E-state index in [1.165, 1.54) is 0 Å². The van der Waals surface area contributed by atoms with Gasteiger partial charge in [0, 0.05) is 24.2 Å². The first-order valence-electron chi connectivity index (χ1n) is 15.0. The maximum atomic E-state index is 13.2. The van der Waals surface area contributed by atoms with Crippen molar-refractivity contribution in [2.24, 2.45) is 5.92 Å². The quantitative estimate of drug-likeness (QED) is 0.0861. The molecule has 6 N–H and O–H groups in total. The summed E-state index contributed by atoms with van der Waals surface area (Å²) in [6, 6.07) is 20.3. The summed E-state index contributed by atoms with van der Waals surface area (Å²) in [5.74, 6) is -3.03. The van der Waals surface area contributed by atoms with Crippen LogP contribution in [0, 0.1) is 16.0 Å². The highest BCUT2D eigenvalue weighted by molar-refractivity contribution is 5.91. The molecule has 0 spiro atoms. The Morgan fingerprint density at radius 2 is 1.36 bits per heavy atom. The molecule has 0 heterocycles. The van der Waals surface area contributed by atoms with Crippen molar-refractivity contribution in [3.05, 3.63) is 118 Å². The van der Waals surface area contributed by atoms with Crippen LogP contribution in [0.25, 0.3) is 0 Å². The SMILES string of the molecule is CC(C)CC(NC(=O)Cc1ccc(NC(=C[N+](=O)[O-])Nc2ccccc2)cc1)C(=O)NC(Cc1ccc(CCC(=O)O)cc1)C(=O)O. The zero-order valence-electron chi connectivity index (χ0n) is 26.1. The molecular weight excluding hydrogens is 606 g/mol. The number of hydrogen-bond donors (Lipinski definition) is 6. The summed E-state index contributed by atoms with van der Waals surface area (Å²) in [5, 5.41) is 41.0. The summed E-state index contributed by atoms with van der Waals surface area (Å²) in [7, 11) is 0. The highest BCUT2D eigenvalue weighted by atomic mass is 16.6. The van der Waals surface area contributed by atoms with Crippen LogP contribution in [0.3, 0.4) is 0 Å². The van der Waals surface area contributed by atoms with E-state index in [-0.39, 0.29) is 37.4 Å². The summed E-state index contributed by atoms with van der Waals surface area (Å²) >= 11 is 0. The number of nitrogens with zero attached hydrogens (tertiary/aromatic N) is 1. The van der Waals surface area contributed by atoms with E-state index < -0.39 is 40.8 Å². The zero-order chi connectivity index (χ0) is 34.3. The fourth-order valence-electron chi connectivity index (χ4n) is 4.67. The van der Waals surface area contributed by atoms with E-state index in [1.54, 1.807) is 72.8 Å². The third kappa shape index (κ3) is 13.0. The molecule has 0 aromatic heterocycles. The van der Waals surface area contributed by atoms with Gasteiger partial charge in [-0.15, -0.1) is 0 Å². The van der Waals surface area contributed by atoms with Crippen LogP contribution in [0.2, 0.25) is 0 Å². The fraction of sp³-hybridized carbons (Fsp3) is 0.294. The number of carbonyl (C=O) groups excluding carboxylic acids is 2. The molecule has 47 heavy (non-hydrogen) atoms. The number of carboxylic acids is 2. The van der Waals surface area contributed by atoms with Crippen LogP contribution >= 0.6 is 0 Å². The van der Waals surface area contributed by atoms with Gasteiger partial charge in [-0.3, -0.25) is 24.5 Å². The maximum absolute atomic E-state index is 13.2. The molecule has 0 saturated heterocycles. The van der Waals surface area contributed by atoms with Gasteiger partial charge in [0.25, 0.3) is 6.20 Å². The van der Waals surface area contributed by atoms with Crippen molar-refractivity contribution in [1.82, 2.24) is 10.6 Å². The molecule has 2 atom stereocenters. The number of amides is 2. The van der Waals surface area contributed by atoms with Gasteiger partial charge in [0.1, 0.15) is 12.1 Å². The second-order valence-corrected chi connectivity index (χ2v) is 11.4. The number of nitro groups is 1. The molecule has 0 saturated carbocycles. The van der Waals surface area contributed by atoms with Crippen molar-refractivity contribution in [2.75, 3.05) is 10.6 Å². The van der Waals surface area contributed by atoms with Gasteiger partial charge in [-0.05, 0) is 59.7 Å². The van der Waals surface area contributed by atoms with Crippen molar-refractivity contribution in [3.63, 3.8) is 0 Å². The minimum atomic E-state index is -1.25. The van der Waals surface area contributed by atoms with Crippen LogP contribution < -0.4 is 21.3 Å². The summed E-state index contributed by atoms with van der Waals surface area (Å²) in [4.78, 5) is 59.6. The van der Waals surface area contributed by atoms with Gasteiger partial charge in [0.05, 0.1) is 11.3 Å². The Hall–Kier alpha value is -5.72. The van der Waals surface area contributed by atoms with Crippen LogP contribution in [0.15, 0.2) is 90.9 Å². The molecular formula is C34H39N5O8. The first-order chi connectivity index (χ1) is 22.4. The van der Waals surface area contributed by atoms with E-state index in [2.05, 4.69) is 21.3 Å². The smallest absolute Gasteiger partial charge is 0.326 e. The van der Waals surface area contributed by atoms with E-state index in [9.17, 15) is 34.4 Å². The molecule has 0 aliphatic carbocycles. The van der Waals surface area contributed by atoms with Crippen LogP contribution in [0.4, 0.5) is 11.4 Å². The Morgan fingerprint density at radius 1 is 0.787 bits per heavy atom. The van der Waals surface area contributed by atoms with Crippen LogP contribution in [-0.2, 0) is 38.4 Å². The van der Waals surface area contributed by atoms with E-state index >= 15 is 0 Å². The highest BCUT2D eigenvalue weighted by Gasteiger charge is 2.27. The third-order valence-electron chi connectivity index (χ3n) is 6.95. The van der Waals surface area contributed by atoms with Crippen molar-refractivity contribution in [3.8, 4) is 0 Å². The van der Waals surface area contributed by atoms with Crippen molar-refractivity contribution < 1.29 is 34.3 Å². The summed E-state index contributed by atoms with van der Waals surface area (Å²) in [6.45, 7) is 3.76. The molecule has 3 rings (SSSR count). The number of rotatable bonds is 18. The average Bonchev–Trinajstić information content (AvgIpc) is 3.00. The predicted molar refractivity (Wildman–Crippen MR) is 176 cm³/mol. The monoisotopic (exact) mass is 645 g/mol. The molecule has 3 aromatic carbocycles. The Labute approximate surface area is 272 Å². The number of anilines is 2. The van der Waals surface area contributed by atoms with Crippen LogP contribution in [-0.4, -0.2) is 51.0 Å². The number of aliphatic carboxylic acids is 2. The minimum Gasteiger partial charge on any atom is -0.481 e. The van der Waals surface area contributed by atoms with Gasteiger partial charge in [-0.2, -0.15) is 0 Å². The topological polar surface area (TPSA) is 200 Å². The molecule has 2 amide bonds. The normalized spacial score (nSPS) is 12.4. The number of hydrogen-bond acceptors (Lipinski definition) is 8. The lowest BCUT2D eigenvalue weighted by Crippen LogP contribution is -2.52. The average molecular weight is 646 g/mol. The molecule has 248 valence electrons. The molecule has 0 aliphatic rings. The number of carboxylic acid groups (broad SMARTS) is 2. The third-order valence-corrected chi connectivity index (χ3v) is 6.95. The van der Waals surface area contributed by atoms with E-state index in [1.807, 2.05) is 19.9 Å². The number of carbonyl (C=O) groups is 4. The van der Waals surface area contributed by atoms with Gasteiger partial charge in [-0.25, -0.2) is 4.79 Å². The molecule has 0 bridgehead atoms. The second-order valence-electron chi connectivity index (χ2n) is 11.4. The van der Waals surface area contributed by atoms with Gasteiger partial charge >= 0.3 is 11.9 Å². The maximum Gasteiger partial charge on any atom is 0.326 e. The first kappa shape index (κ1) is 35.8. The van der Waals surface area contributed by atoms with Gasteiger partial charge < -0.3 is 31.5 Å². The minimum absolute atomic E-state index is 0.00243. The van der Waals surface area contributed by atoms with E-state index in [0.29, 0.717) is 28.9 Å². The van der Waals surface area contributed by atoms with Crippen molar-refractivity contribution in [1.29, 1.82) is 0 Å². The molecule has 3 aromatic rings. The molecule has 2 unspecified atom stereocenters. The van der Waals surface area contributed by atoms with Crippen LogP contribution in [0.5, 0.6) is 0 Å². The van der Waals surface area contributed by atoms with Gasteiger partial charge in [-0.1, -0.05) is 68.4 Å². The lowest BCUT2D eigenvalue weighted by atomic mass is 10.00. The Kier molecular flexibility index (Phi) is 13.5. The molecule has 13 nitrogen and oxygen atoms in total. The molecule has 13 heteroatoms. The van der Waals surface area contributed by atoms with E-state index in [0.717, 1.165) is 11.8 Å². The fourth-order valence-corrected chi connectivity index (χ4v) is 4.67. The Morgan fingerprint density at radius 3 is 1.91 bits per heavy atom. The standard InChI is InChI=1S/C34H39N5O8/c1-22(2)18-28(33(43)38-29(34(44)45)19-24-10-8-23(9-11-24)14-17-32(41)42)37-31(40)20-25-12-15-27(16-13-25)36-30(21-39(46)47)35-26-6-4-3-5-7-26/h3-13,15-16,21-22,28-29,35-36H,14,17-20H2,1-2H3,(H,37,40)(H,38,43)(H,41,42)(H,44,45). The van der Waals surface area contributed by atoms with Gasteiger partial charge in [0.2, 0.25) is 11.8 Å². The molecule has 0 aliphatic heterocycles. The first-order valence-corrected chi connectivity index (χ1v) is 15.0. The van der Waals surface area contributed by atoms with E-state index in [4.69, 9.17) is 5.11 Å². The Balaban J connectivity index is 1.61. The van der Waals surface area contributed by atoms with Crippen molar-refractivity contribution >= 4 is 35.1 Å². The van der Waals surface area contributed by atoms with Crippen molar-refractivity contribution in [2.45, 2.75) is 58.0 Å². The Bertz CT molecular complexity index is 1560. The number of para-hydroxylation sites is 1. The summed E-state index contributed by atoms with van der Waals surface area (Å²) in [6.07, 6.45) is 1.37. The summed E-state index contributed by atoms with van der Waals surface area (Å²) in [5.41, 5.74) is 3.27. The summed E-state index contributed by atoms with van der Waals surface area (Å²) < 4.78 is 0. The lowest BCUT2D eigenvalue weighted by Gasteiger charge is -2.23.